The molecule has 172 valence electrons. The molecule has 1 aliphatic heterocycles. The van der Waals surface area contributed by atoms with Gasteiger partial charge >= 0.3 is 0 Å². The number of nitrogens with zero attached hydrogens (tertiary/aromatic N) is 3. The van der Waals surface area contributed by atoms with Crippen LogP contribution in [0.15, 0.2) is 60.8 Å². The summed E-state index contributed by atoms with van der Waals surface area (Å²) < 4.78 is 2.47. The summed E-state index contributed by atoms with van der Waals surface area (Å²) in [6.45, 7) is 14.1. The van der Waals surface area contributed by atoms with Crippen LogP contribution in [0.25, 0.3) is 11.0 Å². The standard InChI is InChI=1S/C29H33N3.ClH/c1-20-21(2)32(18-22-10-12-25(13-11-22)29(3,4)5)28-26(14-16-30-27(20)28)31-17-15-23-8-6-7-9-24(23)19-31;/h6-14,16H,15,17-19H2,1-5H3;1H. The molecule has 2 aromatic carbocycles. The number of anilines is 1. The Bertz CT molecular complexity index is 1280. The summed E-state index contributed by atoms with van der Waals surface area (Å²) in [5.74, 6) is 0. The second-order valence-electron chi connectivity index (χ2n) is 10.2. The SMILES string of the molecule is Cc1c(C)n(Cc2ccc(C(C)(C)C)cc2)c2c(N3CCc4ccccc4C3)ccnc12.Cl. The van der Waals surface area contributed by atoms with E-state index in [1.165, 1.54) is 44.7 Å². The van der Waals surface area contributed by atoms with E-state index < -0.39 is 0 Å². The maximum Gasteiger partial charge on any atom is 0.0934 e. The molecule has 0 N–H and O–H groups in total. The summed E-state index contributed by atoms with van der Waals surface area (Å²) >= 11 is 0. The first kappa shape index (κ1) is 23.4. The van der Waals surface area contributed by atoms with Crippen molar-refractivity contribution in [1.29, 1.82) is 0 Å². The van der Waals surface area contributed by atoms with Gasteiger partial charge in [-0.15, -0.1) is 12.4 Å². The van der Waals surface area contributed by atoms with Gasteiger partial charge in [-0.1, -0.05) is 69.3 Å². The quantitative estimate of drug-likeness (QED) is 0.329. The molecular formula is C29H34ClN3. The zero-order valence-electron chi connectivity index (χ0n) is 20.4. The fourth-order valence-electron chi connectivity index (χ4n) is 4.97. The molecule has 0 saturated heterocycles. The summed E-state index contributed by atoms with van der Waals surface area (Å²) in [6.07, 6.45) is 3.07. The Morgan fingerprint density at radius 1 is 0.909 bits per heavy atom. The molecule has 0 aliphatic carbocycles. The maximum absolute atomic E-state index is 4.80. The van der Waals surface area contributed by atoms with Crippen molar-refractivity contribution in [3.63, 3.8) is 0 Å². The van der Waals surface area contributed by atoms with Crippen LogP contribution in [-0.4, -0.2) is 16.1 Å². The second-order valence-corrected chi connectivity index (χ2v) is 10.2. The number of fused-ring (bicyclic) bond motifs is 2. The number of halogens is 1. The minimum atomic E-state index is 0. The highest BCUT2D eigenvalue weighted by molar-refractivity contribution is 5.92. The third-order valence-electron chi connectivity index (χ3n) is 7.11. The first-order valence-corrected chi connectivity index (χ1v) is 11.7. The lowest BCUT2D eigenvalue weighted by atomic mass is 9.87. The van der Waals surface area contributed by atoms with Crippen LogP contribution in [0, 0.1) is 13.8 Å². The Morgan fingerprint density at radius 2 is 1.61 bits per heavy atom. The highest BCUT2D eigenvalue weighted by Gasteiger charge is 2.22. The Hall–Kier alpha value is -2.78. The van der Waals surface area contributed by atoms with E-state index >= 15 is 0 Å². The molecule has 0 spiro atoms. The van der Waals surface area contributed by atoms with Gasteiger partial charge < -0.3 is 9.47 Å². The number of pyridine rings is 1. The van der Waals surface area contributed by atoms with Crippen LogP contribution >= 0.6 is 12.4 Å². The lowest BCUT2D eigenvalue weighted by molar-refractivity contribution is 0.590. The predicted octanol–water partition coefficient (Wildman–Crippen LogP) is 6.98. The van der Waals surface area contributed by atoms with Crippen molar-refractivity contribution in [1.82, 2.24) is 9.55 Å². The van der Waals surface area contributed by atoms with Crippen molar-refractivity contribution in [2.24, 2.45) is 0 Å². The van der Waals surface area contributed by atoms with E-state index in [2.05, 4.69) is 98.7 Å². The molecule has 0 unspecified atom stereocenters. The number of hydrogen-bond donors (Lipinski definition) is 0. The highest BCUT2D eigenvalue weighted by atomic mass is 35.5. The Balaban J connectivity index is 0.00000259. The lowest BCUT2D eigenvalue weighted by Gasteiger charge is -2.31. The average molecular weight is 460 g/mol. The largest absolute Gasteiger partial charge is 0.365 e. The van der Waals surface area contributed by atoms with Gasteiger partial charge in [-0.2, -0.15) is 0 Å². The third kappa shape index (κ3) is 4.27. The van der Waals surface area contributed by atoms with Crippen molar-refractivity contribution in [3.8, 4) is 0 Å². The summed E-state index contributed by atoms with van der Waals surface area (Å²) in [4.78, 5) is 7.33. The molecule has 0 bridgehead atoms. The van der Waals surface area contributed by atoms with Gasteiger partial charge in [-0.05, 0) is 59.6 Å². The molecule has 0 saturated carbocycles. The Labute approximate surface area is 203 Å². The van der Waals surface area contributed by atoms with Crippen LogP contribution in [0.2, 0.25) is 0 Å². The molecule has 0 radical (unpaired) electrons. The van der Waals surface area contributed by atoms with Crippen LogP contribution < -0.4 is 4.90 Å². The van der Waals surface area contributed by atoms with E-state index in [9.17, 15) is 0 Å². The van der Waals surface area contributed by atoms with E-state index in [1.54, 1.807) is 0 Å². The van der Waals surface area contributed by atoms with Gasteiger partial charge in [0.05, 0.1) is 16.7 Å². The number of aromatic nitrogens is 2. The van der Waals surface area contributed by atoms with Crippen LogP contribution in [0.5, 0.6) is 0 Å². The van der Waals surface area contributed by atoms with Gasteiger partial charge in [0.25, 0.3) is 0 Å². The zero-order valence-corrected chi connectivity index (χ0v) is 21.2. The van der Waals surface area contributed by atoms with Gasteiger partial charge in [0.1, 0.15) is 0 Å². The van der Waals surface area contributed by atoms with Crippen LogP contribution in [0.4, 0.5) is 5.69 Å². The Kier molecular flexibility index (Phi) is 6.28. The zero-order chi connectivity index (χ0) is 22.5. The van der Waals surface area contributed by atoms with Gasteiger partial charge in [0.15, 0.2) is 0 Å². The first-order valence-electron chi connectivity index (χ1n) is 11.7. The fourth-order valence-corrected chi connectivity index (χ4v) is 4.97. The van der Waals surface area contributed by atoms with E-state index in [0.717, 1.165) is 31.6 Å². The Morgan fingerprint density at radius 3 is 2.30 bits per heavy atom. The fraction of sp³-hybridized carbons (Fsp3) is 0.345. The van der Waals surface area contributed by atoms with Crippen molar-refractivity contribution < 1.29 is 0 Å². The highest BCUT2D eigenvalue weighted by Crippen LogP contribution is 2.35. The van der Waals surface area contributed by atoms with Crippen molar-refractivity contribution in [2.75, 3.05) is 11.4 Å². The third-order valence-corrected chi connectivity index (χ3v) is 7.11. The molecule has 0 atom stereocenters. The molecule has 2 aromatic heterocycles. The predicted molar refractivity (Wildman–Crippen MR) is 142 cm³/mol. The molecule has 3 heterocycles. The molecule has 0 amide bonds. The summed E-state index contributed by atoms with van der Waals surface area (Å²) in [7, 11) is 0. The minimum absolute atomic E-state index is 0. The smallest absolute Gasteiger partial charge is 0.0934 e. The summed E-state index contributed by atoms with van der Waals surface area (Å²) in [6, 6.07) is 20.2. The summed E-state index contributed by atoms with van der Waals surface area (Å²) in [5, 5.41) is 0. The molecule has 4 heteroatoms. The molecular weight excluding hydrogens is 426 g/mol. The second kappa shape index (κ2) is 8.87. The number of hydrogen-bond acceptors (Lipinski definition) is 2. The van der Waals surface area contributed by atoms with Crippen molar-refractivity contribution in [3.05, 3.63) is 94.3 Å². The number of aryl methyl sites for hydroxylation is 1. The van der Waals surface area contributed by atoms with E-state index in [0.29, 0.717) is 0 Å². The van der Waals surface area contributed by atoms with E-state index in [4.69, 9.17) is 4.98 Å². The van der Waals surface area contributed by atoms with E-state index in [-0.39, 0.29) is 17.8 Å². The summed E-state index contributed by atoms with van der Waals surface area (Å²) in [5.41, 5.74) is 12.1. The monoisotopic (exact) mass is 459 g/mol. The number of rotatable bonds is 3. The first-order chi connectivity index (χ1) is 15.3. The molecule has 0 fully saturated rings. The van der Waals surface area contributed by atoms with Gasteiger partial charge in [0.2, 0.25) is 0 Å². The minimum Gasteiger partial charge on any atom is -0.365 e. The molecule has 4 aromatic rings. The van der Waals surface area contributed by atoms with Gasteiger partial charge in [-0.3, -0.25) is 4.98 Å². The molecule has 5 rings (SSSR count). The van der Waals surface area contributed by atoms with Crippen LogP contribution in [-0.2, 0) is 24.9 Å². The topological polar surface area (TPSA) is 21.1 Å². The van der Waals surface area contributed by atoms with Crippen molar-refractivity contribution in [2.45, 2.75) is 59.5 Å². The van der Waals surface area contributed by atoms with Gasteiger partial charge in [-0.25, -0.2) is 0 Å². The normalized spacial score (nSPS) is 13.7. The molecule has 3 nitrogen and oxygen atoms in total. The lowest BCUT2D eigenvalue weighted by Crippen LogP contribution is -2.30. The van der Waals surface area contributed by atoms with Crippen LogP contribution in [0.1, 0.15) is 54.3 Å². The van der Waals surface area contributed by atoms with Crippen molar-refractivity contribution >= 4 is 29.1 Å². The average Bonchev–Trinajstić information content (AvgIpc) is 3.03. The van der Waals surface area contributed by atoms with E-state index in [1.807, 2.05) is 6.20 Å². The van der Waals surface area contributed by atoms with Gasteiger partial charge in [0, 0.05) is 31.5 Å². The number of benzene rings is 2. The van der Waals surface area contributed by atoms with Crippen LogP contribution in [0.3, 0.4) is 0 Å². The maximum atomic E-state index is 4.80. The molecule has 1 aliphatic rings. The molecule has 33 heavy (non-hydrogen) atoms.